The maximum Gasteiger partial charge on any atom is 0.547 e. The van der Waals surface area contributed by atoms with E-state index in [1.807, 2.05) is 0 Å². The van der Waals surface area contributed by atoms with Gasteiger partial charge < -0.3 is 24.5 Å². The number of para-hydroxylation sites is 1. The Labute approximate surface area is 160 Å². The molecule has 2 N–H and O–H groups in total. The first-order valence-corrected chi connectivity index (χ1v) is 8.58. The zero-order valence-electron chi connectivity index (χ0n) is 15.5. The van der Waals surface area contributed by atoms with E-state index in [1.165, 1.54) is 19.1 Å². The summed E-state index contributed by atoms with van der Waals surface area (Å²) in [7, 11) is -1.65. The fraction of sp³-hybridized carbons (Fsp3) is 0.471. The van der Waals surface area contributed by atoms with Gasteiger partial charge in [-0.3, -0.25) is 9.59 Å². The quantitative estimate of drug-likeness (QED) is 0.421. The van der Waals surface area contributed by atoms with Crippen LogP contribution in [0.15, 0.2) is 18.2 Å². The lowest BCUT2D eigenvalue weighted by molar-refractivity contribution is -0.162. The maximum absolute atomic E-state index is 13.5. The number of alkyl halides is 2. The summed E-state index contributed by atoms with van der Waals surface area (Å²) in [5.41, 5.74) is 0.365. The Morgan fingerprint density at radius 2 is 2.07 bits per heavy atom. The van der Waals surface area contributed by atoms with Crippen LogP contribution < -0.4 is 9.97 Å². The van der Waals surface area contributed by atoms with Crippen molar-refractivity contribution in [2.24, 2.45) is 0 Å². The highest BCUT2D eigenvalue weighted by Crippen LogP contribution is 2.31. The average Bonchev–Trinajstić information content (AvgIpc) is 2.60. The van der Waals surface area contributed by atoms with Gasteiger partial charge in [0.1, 0.15) is 11.3 Å². The van der Waals surface area contributed by atoms with Crippen LogP contribution in [0.1, 0.15) is 43.1 Å². The molecule has 28 heavy (non-hydrogen) atoms. The molecular weight excluding hydrogens is 379 g/mol. The molecule has 152 valence electrons. The van der Waals surface area contributed by atoms with Crippen LogP contribution in [0, 0.1) is 0 Å². The summed E-state index contributed by atoms with van der Waals surface area (Å²) in [5.74, 6) is -7.70. The van der Waals surface area contributed by atoms with Gasteiger partial charge in [-0.2, -0.15) is 8.78 Å². The van der Waals surface area contributed by atoms with E-state index in [2.05, 4.69) is 5.32 Å². The van der Waals surface area contributed by atoms with E-state index in [9.17, 15) is 28.2 Å². The number of hydrogen-bond acceptors (Lipinski definition) is 7. The van der Waals surface area contributed by atoms with Crippen molar-refractivity contribution < 1.29 is 42.3 Å². The van der Waals surface area contributed by atoms with Crippen LogP contribution >= 0.6 is 0 Å². The van der Waals surface area contributed by atoms with Crippen molar-refractivity contribution >= 4 is 25.0 Å². The van der Waals surface area contributed by atoms with Crippen molar-refractivity contribution in [2.45, 2.75) is 51.8 Å². The van der Waals surface area contributed by atoms with Crippen molar-refractivity contribution in [3.05, 3.63) is 29.3 Å². The highest BCUT2D eigenvalue weighted by molar-refractivity contribution is 6.47. The van der Waals surface area contributed by atoms with Crippen LogP contribution in [0.2, 0.25) is 0 Å². The fourth-order valence-electron chi connectivity index (χ4n) is 2.61. The third-order valence-electron chi connectivity index (χ3n) is 4.04. The van der Waals surface area contributed by atoms with Crippen LogP contribution in [0.3, 0.4) is 0 Å². The van der Waals surface area contributed by atoms with Gasteiger partial charge in [0.2, 0.25) is 6.29 Å². The number of carbonyl (C=O) groups excluding carboxylic acids is 3. The Morgan fingerprint density at radius 1 is 1.39 bits per heavy atom. The number of hydrogen-bond donors (Lipinski definition) is 2. The molecule has 1 unspecified atom stereocenters. The number of benzene rings is 1. The molecule has 0 aromatic heterocycles. The number of carbonyl (C=O) groups is 3. The fourth-order valence-corrected chi connectivity index (χ4v) is 2.61. The van der Waals surface area contributed by atoms with E-state index in [-0.39, 0.29) is 17.7 Å². The smallest absolute Gasteiger partial charge is 0.534 e. The lowest BCUT2D eigenvalue weighted by Gasteiger charge is -2.30. The molecule has 0 bridgehead atoms. The third kappa shape index (κ3) is 4.97. The van der Waals surface area contributed by atoms with Gasteiger partial charge >= 0.3 is 25.0 Å². The summed E-state index contributed by atoms with van der Waals surface area (Å²) in [4.78, 5) is 34.9. The molecule has 0 saturated heterocycles. The van der Waals surface area contributed by atoms with Gasteiger partial charge in [0.15, 0.2) is 0 Å². The molecule has 0 fully saturated rings. The zero-order valence-corrected chi connectivity index (χ0v) is 15.5. The number of ether oxygens (including phenoxy) is 2. The minimum absolute atomic E-state index is 0.00257. The van der Waals surface area contributed by atoms with E-state index in [4.69, 9.17) is 14.1 Å². The largest absolute Gasteiger partial charge is 0.547 e. The first-order valence-electron chi connectivity index (χ1n) is 8.58. The summed E-state index contributed by atoms with van der Waals surface area (Å²) >= 11 is 0. The summed E-state index contributed by atoms with van der Waals surface area (Å²) in [6.45, 7) is 3.67. The van der Waals surface area contributed by atoms with Gasteiger partial charge in [-0.05, 0) is 18.1 Å². The summed E-state index contributed by atoms with van der Waals surface area (Å²) in [6.07, 6.45) is -1.86. The Morgan fingerprint density at radius 3 is 2.68 bits per heavy atom. The van der Waals surface area contributed by atoms with Gasteiger partial charge in [0.05, 0.1) is 5.94 Å². The number of esters is 2. The molecule has 0 spiro atoms. The SMILES string of the molecule is CCC(F)(F)C(=O)N[C@H]1Cc2cccc(C(=O)OC(C)OC(C)=O)c2OB1O. The normalized spacial score (nSPS) is 17.1. The molecule has 8 nitrogen and oxygen atoms in total. The minimum atomic E-state index is -3.57. The molecule has 0 saturated carbocycles. The predicted octanol–water partition coefficient (Wildman–Crippen LogP) is 1.24. The van der Waals surface area contributed by atoms with Crippen molar-refractivity contribution in [3.8, 4) is 5.75 Å². The van der Waals surface area contributed by atoms with Crippen LogP contribution in [0.5, 0.6) is 5.75 Å². The molecule has 1 aliphatic rings. The Hall–Kier alpha value is -2.69. The monoisotopic (exact) mass is 399 g/mol. The molecule has 11 heteroatoms. The topological polar surface area (TPSA) is 111 Å². The Balaban J connectivity index is 2.16. The predicted molar refractivity (Wildman–Crippen MR) is 92.6 cm³/mol. The van der Waals surface area contributed by atoms with Gasteiger partial charge in [0, 0.05) is 20.3 Å². The van der Waals surface area contributed by atoms with Gasteiger partial charge in [-0.15, -0.1) is 0 Å². The second kappa shape index (κ2) is 8.55. The maximum atomic E-state index is 13.5. The molecule has 1 amide bonds. The highest BCUT2D eigenvalue weighted by Gasteiger charge is 2.43. The van der Waals surface area contributed by atoms with Crippen molar-refractivity contribution in [1.29, 1.82) is 0 Å². The number of rotatable bonds is 6. The number of amides is 1. The lowest BCUT2D eigenvalue weighted by atomic mass is 9.72. The average molecular weight is 399 g/mol. The van der Waals surface area contributed by atoms with Crippen molar-refractivity contribution in [1.82, 2.24) is 5.32 Å². The number of fused-ring (bicyclic) bond motifs is 1. The van der Waals surface area contributed by atoms with E-state index < -0.39 is 49.5 Å². The second-order valence-electron chi connectivity index (χ2n) is 6.23. The Bertz CT molecular complexity index is 774. The van der Waals surface area contributed by atoms with Crippen LogP contribution in [-0.4, -0.2) is 48.1 Å². The molecular formula is C17H20BF2NO7. The van der Waals surface area contributed by atoms with E-state index in [0.717, 1.165) is 13.8 Å². The summed E-state index contributed by atoms with van der Waals surface area (Å²) in [6, 6.07) is 4.44. The molecule has 2 atom stereocenters. The Kier molecular flexibility index (Phi) is 6.60. The first-order chi connectivity index (χ1) is 13.0. The molecule has 0 radical (unpaired) electrons. The minimum Gasteiger partial charge on any atom is -0.534 e. The highest BCUT2D eigenvalue weighted by atomic mass is 19.3. The second-order valence-corrected chi connectivity index (χ2v) is 6.23. The summed E-state index contributed by atoms with van der Waals surface area (Å²) < 4.78 is 41.9. The standard InChI is InChI=1S/C17H20BF2NO7/c1-4-17(19,20)16(24)21-13-8-11-6-5-7-12(14(11)28-18(13)25)15(23)27-10(3)26-9(2)22/h5-7,10,13,25H,4,8H2,1-3H3,(H,21,24)/t10?,13-/m0/s1. The van der Waals surface area contributed by atoms with Crippen LogP contribution in [-0.2, 0) is 25.5 Å². The number of nitrogens with one attached hydrogen (secondary N) is 1. The molecule has 2 rings (SSSR count). The van der Waals surface area contributed by atoms with E-state index in [1.54, 1.807) is 6.07 Å². The lowest BCUT2D eigenvalue weighted by Crippen LogP contribution is -2.56. The van der Waals surface area contributed by atoms with Gasteiger partial charge in [-0.1, -0.05) is 19.1 Å². The molecule has 0 aliphatic carbocycles. The van der Waals surface area contributed by atoms with Crippen molar-refractivity contribution in [2.75, 3.05) is 0 Å². The van der Waals surface area contributed by atoms with Crippen LogP contribution in [0.4, 0.5) is 8.78 Å². The molecule has 1 aromatic rings. The van der Waals surface area contributed by atoms with Gasteiger partial charge in [0.25, 0.3) is 5.91 Å². The van der Waals surface area contributed by atoms with Crippen molar-refractivity contribution in [3.63, 3.8) is 0 Å². The van der Waals surface area contributed by atoms with E-state index in [0.29, 0.717) is 5.56 Å². The zero-order chi connectivity index (χ0) is 21.1. The molecule has 1 aromatic carbocycles. The van der Waals surface area contributed by atoms with Gasteiger partial charge in [-0.25, -0.2) is 4.79 Å². The first kappa shape index (κ1) is 21.6. The molecule has 1 heterocycles. The third-order valence-corrected chi connectivity index (χ3v) is 4.04. The number of halogens is 2. The molecule has 1 aliphatic heterocycles. The summed E-state index contributed by atoms with van der Waals surface area (Å²) in [5, 5.41) is 12.2. The van der Waals surface area contributed by atoms with Crippen LogP contribution in [0.25, 0.3) is 0 Å². The van der Waals surface area contributed by atoms with E-state index >= 15 is 0 Å².